The second-order valence-corrected chi connectivity index (χ2v) is 4.71. The molecule has 0 unspecified atom stereocenters. The van der Waals surface area contributed by atoms with Crippen molar-refractivity contribution in [3.8, 4) is 12.3 Å². The molecule has 0 aromatic heterocycles. The fraction of sp³-hybridized carbons (Fsp3) is 0.471. The van der Waals surface area contributed by atoms with Crippen LogP contribution in [0.15, 0.2) is 23.2 Å². The van der Waals surface area contributed by atoms with Gasteiger partial charge in [-0.05, 0) is 36.8 Å². The van der Waals surface area contributed by atoms with Crippen molar-refractivity contribution in [2.75, 3.05) is 11.9 Å². The number of hydrogen-bond acceptors (Lipinski definition) is 1. The van der Waals surface area contributed by atoms with Gasteiger partial charge in [-0.15, -0.1) is 12.3 Å². The Bertz CT molecular complexity index is 461. The molecule has 0 fully saturated rings. The molecule has 0 bridgehead atoms. The average molecular weight is 271 g/mol. The Labute approximate surface area is 122 Å². The van der Waals surface area contributed by atoms with E-state index in [1.165, 1.54) is 11.1 Å². The number of anilines is 1. The van der Waals surface area contributed by atoms with Crippen LogP contribution >= 0.6 is 0 Å². The van der Waals surface area contributed by atoms with Crippen molar-refractivity contribution in [1.82, 2.24) is 0 Å². The Hall–Kier alpha value is -1.95. The first-order valence-corrected chi connectivity index (χ1v) is 7.34. The molecule has 1 aromatic carbocycles. The molecule has 0 radical (unpaired) electrons. The van der Waals surface area contributed by atoms with Crippen molar-refractivity contribution in [2.45, 2.75) is 46.0 Å². The molecule has 0 saturated heterocycles. The van der Waals surface area contributed by atoms with E-state index >= 15 is 0 Å². The summed E-state index contributed by atoms with van der Waals surface area (Å²) in [5, 5.41) is 3.26. The third-order valence-electron chi connectivity index (χ3n) is 3.26. The van der Waals surface area contributed by atoms with Gasteiger partial charge < -0.3 is 11.1 Å². The van der Waals surface area contributed by atoms with Gasteiger partial charge in [0.25, 0.3) is 0 Å². The molecule has 3 N–H and O–H groups in total. The fourth-order valence-electron chi connectivity index (χ4n) is 2.11. The molecule has 20 heavy (non-hydrogen) atoms. The second kappa shape index (κ2) is 9.03. The van der Waals surface area contributed by atoms with Gasteiger partial charge in [0.2, 0.25) is 0 Å². The summed E-state index contributed by atoms with van der Waals surface area (Å²) in [6, 6.07) is 6.35. The van der Waals surface area contributed by atoms with Crippen molar-refractivity contribution >= 4 is 11.6 Å². The molecule has 0 atom stereocenters. The lowest BCUT2D eigenvalue weighted by molar-refractivity contribution is 0.768. The van der Waals surface area contributed by atoms with E-state index < -0.39 is 0 Å². The maximum absolute atomic E-state index is 5.97. The van der Waals surface area contributed by atoms with Crippen molar-refractivity contribution in [3.63, 3.8) is 0 Å². The van der Waals surface area contributed by atoms with Crippen LogP contribution < -0.4 is 11.1 Å². The predicted octanol–water partition coefficient (Wildman–Crippen LogP) is 3.34. The Balaban J connectivity index is 2.67. The Morgan fingerprint density at radius 3 is 2.45 bits per heavy atom. The van der Waals surface area contributed by atoms with Crippen LogP contribution in [0, 0.1) is 12.3 Å². The van der Waals surface area contributed by atoms with Crippen molar-refractivity contribution in [3.05, 3.63) is 29.3 Å². The Morgan fingerprint density at radius 2 is 1.90 bits per heavy atom. The number of benzene rings is 1. The lowest BCUT2D eigenvalue weighted by atomic mass is 10.0. The molecule has 3 heteroatoms. The van der Waals surface area contributed by atoms with Crippen LogP contribution in [0.5, 0.6) is 0 Å². The number of nitrogens with two attached hydrogens (primary N) is 1. The van der Waals surface area contributed by atoms with Gasteiger partial charge in [-0.3, -0.25) is 4.99 Å². The van der Waals surface area contributed by atoms with E-state index in [9.17, 15) is 0 Å². The van der Waals surface area contributed by atoms with Crippen LogP contribution in [0.3, 0.4) is 0 Å². The van der Waals surface area contributed by atoms with Crippen LogP contribution in [-0.2, 0) is 12.8 Å². The van der Waals surface area contributed by atoms with Crippen LogP contribution in [0.25, 0.3) is 0 Å². The number of nitrogens with zero attached hydrogens (tertiary/aromatic N) is 1. The van der Waals surface area contributed by atoms with Gasteiger partial charge >= 0.3 is 0 Å². The number of guanidine groups is 1. The molecular formula is C17H25N3. The van der Waals surface area contributed by atoms with Gasteiger partial charge in [-0.25, -0.2) is 0 Å². The first-order chi connectivity index (χ1) is 9.72. The molecule has 0 aliphatic carbocycles. The van der Waals surface area contributed by atoms with E-state index in [0.29, 0.717) is 5.96 Å². The summed E-state index contributed by atoms with van der Waals surface area (Å²) in [6.07, 6.45) is 9.95. The number of rotatable bonds is 7. The number of hydrogen-bond donors (Lipinski definition) is 2. The summed E-state index contributed by atoms with van der Waals surface area (Å²) in [5.41, 5.74) is 9.63. The highest BCUT2D eigenvalue weighted by atomic mass is 15.1. The lowest BCUT2D eigenvalue weighted by Crippen LogP contribution is -2.24. The standard InChI is InChI=1S/C17H25N3/c1-4-7-8-9-13-19-17(18)20-16-14(5-2)11-10-12-15(16)6-3/h1,10-12H,5-9,13H2,2-3H3,(H3,18,19,20). The molecular weight excluding hydrogens is 246 g/mol. The summed E-state index contributed by atoms with van der Waals surface area (Å²) in [4.78, 5) is 4.36. The maximum Gasteiger partial charge on any atom is 0.193 e. The molecule has 108 valence electrons. The number of unbranched alkanes of at least 4 members (excludes halogenated alkanes) is 2. The highest BCUT2D eigenvalue weighted by molar-refractivity contribution is 5.93. The average Bonchev–Trinajstić information content (AvgIpc) is 2.47. The van der Waals surface area contributed by atoms with Gasteiger partial charge in [-0.2, -0.15) is 0 Å². The van der Waals surface area contributed by atoms with Crippen LogP contribution in [0.1, 0.15) is 44.2 Å². The number of terminal acetylenes is 1. The Kier molecular flexibility index (Phi) is 7.27. The SMILES string of the molecule is C#CCCCCN=C(N)Nc1c(CC)cccc1CC. The molecule has 0 spiro atoms. The van der Waals surface area contributed by atoms with E-state index in [2.05, 4.69) is 48.3 Å². The van der Waals surface area contributed by atoms with Crippen LogP contribution in [-0.4, -0.2) is 12.5 Å². The smallest absolute Gasteiger partial charge is 0.193 e. The first-order valence-electron chi connectivity index (χ1n) is 7.34. The third kappa shape index (κ3) is 4.97. The molecule has 1 rings (SSSR count). The van der Waals surface area contributed by atoms with Crippen LogP contribution in [0.4, 0.5) is 5.69 Å². The van der Waals surface area contributed by atoms with E-state index in [1.54, 1.807) is 0 Å². The zero-order chi connectivity index (χ0) is 14.8. The highest BCUT2D eigenvalue weighted by Gasteiger charge is 2.06. The minimum Gasteiger partial charge on any atom is -0.370 e. The van der Waals surface area contributed by atoms with E-state index in [0.717, 1.165) is 44.3 Å². The lowest BCUT2D eigenvalue weighted by Gasteiger charge is -2.14. The molecule has 1 aromatic rings. The predicted molar refractivity (Wildman–Crippen MR) is 88.0 cm³/mol. The van der Waals surface area contributed by atoms with Gasteiger partial charge in [0, 0.05) is 18.7 Å². The summed E-state index contributed by atoms with van der Waals surface area (Å²) >= 11 is 0. The van der Waals surface area contributed by atoms with Crippen molar-refractivity contribution in [1.29, 1.82) is 0 Å². The fourth-order valence-corrected chi connectivity index (χ4v) is 2.11. The monoisotopic (exact) mass is 271 g/mol. The zero-order valence-electron chi connectivity index (χ0n) is 12.6. The Morgan fingerprint density at radius 1 is 1.25 bits per heavy atom. The first kappa shape index (κ1) is 16.1. The summed E-state index contributed by atoms with van der Waals surface area (Å²) < 4.78 is 0. The molecule has 0 saturated carbocycles. The quantitative estimate of drug-likeness (QED) is 0.346. The largest absolute Gasteiger partial charge is 0.370 e. The molecule has 0 heterocycles. The van der Waals surface area contributed by atoms with Crippen LogP contribution in [0.2, 0.25) is 0 Å². The normalized spacial score (nSPS) is 11.2. The maximum atomic E-state index is 5.97. The second-order valence-electron chi connectivity index (χ2n) is 4.71. The van der Waals surface area contributed by atoms with Crippen molar-refractivity contribution < 1.29 is 0 Å². The molecule has 3 nitrogen and oxygen atoms in total. The third-order valence-corrected chi connectivity index (χ3v) is 3.26. The van der Waals surface area contributed by atoms with Crippen molar-refractivity contribution in [2.24, 2.45) is 10.7 Å². The van der Waals surface area contributed by atoms with Gasteiger partial charge in [0.15, 0.2) is 5.96 Å². The van der Waals surface area contributed by atoms with Gasteiger partial charge in [0.1, 0.15) is 0 Å². The molecule has 0 aliphatic heterocycles. The highest BCUT2D eigenvalue weighted by Crippen LogP contribution is 2.22. The number of para-hydroxylation sites is 1. The van der Waals surface area contributed by atoms with E-state index in [4.69, 9.17) is 12.2 Å². The number of aryl methyl sites for hydroxylation is 2. The summed E-state index contributed by atoms with van der Waals surface area (Å²) in [6.45, 7) is 5.01. The number of nitrogens with one attached hydrogen (secondary N) is 1. The van der Waals surface area contributed by atoms with E-state index in [1.807, 2.05) is 0 Å². The topological polar surface area (TPSA) is 50.4 Å². The zero-order valence-corrected chi connectivity index (χ0v) is 12.6. The number of aliphatic imine (C=N–C) groups is 1. The minimum atomic E-state index is 0.487. The molecule has 0 aliphatic rings. The minimum absolute atomic E-state index is 0.487. The van der Waals surface area contributed by atoms with Gasteiger partial charge in [0.05, 0.1) is 0 Å². The molecule has 0 amide bonds. The van der Waals surface area contributed by atoms with Gasteiger partial charge in [-0.1, -0.05) is 32.0 Å². The summed E-state index contributed by atoms with van der Waals surface area (Å²) in [7, 11) is 0. The summed E-state index contributed by atoms with van der Waals surface area (Å²) in [5.74, 6) is 3.12. The van der Waals surface area contributed by atoms with E-state index in [-0.39, 0.29) is 0 Å².